The molecule has 0 unspecified atom stereocenters. The maximum absolute atomic E-state index is 13.6. The van der Waals surface area contributed by atoms with Crippen LogP contribution in [-0.2, 0) is 43.1 Å². The van der Waals surface area contributed by atoms with Gasteiger partial charge in [-0.1, -0.05) is 26.0 Å². The first-order valence-corrected chi connectivity index (χ1v) is 16.5. The van der Waals surface area contributed by atoms with Crippen molar-refractivity contribution in [2.75, 3.05) is 7.11 Å². The third kappa shape index (κ3) is 7.46. The molecular weight excluding hydrogens is 619 g/mol. The van der Waals surface area contributed by atoms with Gasteiger partial charge in [-0.05, 0) is 107 Å². The average Bonchev–Trinajstić information content (AvgIpc) is 3.56. The van der Waals surface area contributed by atoms with Crippen molar-refractivity contribution in [3.63, 3.8) is 0 Å². The summed E-state index contributed by atoms with van der Waals surface area (Å²) in [5.74, 6) is -0.0784. The van der Waals surface area contributed by atoms with Crippen LogP contribution in [0.2, 0.25) is 0 Å². The van der Waals surface area contributed by atoms with Crippen LogP contribution >= 0.6 is 0 Å². The number of esters is 1. The molecule has 1 aliphatic heterocycles. The van der Waals surface area contributed by atoms with Crippen LogP contribution in [0.5, 0.6) is 5.75 Å². The van der Waals surface area contributed by atoms with Crippen molar-refractivity contribution in [1.29, 1.82) is 0 Å². The molecule has 3 saturated carbocycles. The number of amides is 2. The minimum atomic E-state index is -0.767. The molecule has 2 aromatic rings. The Hall–Kier alpha value is -3.72. The predicted molar refractivity (Wildman–Crippen MR) is 175 cm³/mol. The second kappa shape index (κ2) is 13.0. The van der Waals surface area contributed by atoms with Gasteiger partial charge < -0.3 is 34.2 Å². The van der Waals surface area contributed by atoms with Crippen LogP contribution in [0.4, 0.5) is 4.79 Å². The van der Waals surface area contributed by atoms with E-state index in [-0.39, 0.29) is 42.4 Å². The van der Waals surface area contributed by atoms with Gasteiger partial charge in [0.15, 0.2) is 5.82 Å². The van der Waals surface area contributed by atoms with Gasteiger partial charge in [-0.3, -0.25) is 4.79 Å². The number of carbonyl (C=O) groups is 3. The second-order valence-electron chi connectivity index (χ2n) is 15.8. The summed E-state index contributed by atoms with van der Waals surface area (Å²) >= 11 is 0. The Bertz CT molecular complexity index is 1530. The zero-order chi connectivity index (χ0) is 35.2. The highest BCUT2D eigenvalue weighted by molar-refractivity contribution is 6.48. The number of carbonyl (C=O) groups excluding carboxylic acids is 3. The Morgan fingerprint density at radius 2 is 1.79 bits per heavy atom. The third-order valence-corrected chi connectivity index (χ3v) is 9.69. The molecule has 6 rings (SSSR count). The first-order valence-electron chi connectivity index (χ1n) is 16.5. The Kier molecular flexibility index (Phi) is 9.61. The molecule has 2 heterocycles. The second-order valence-corrected chi connectivity index (χ2v) is 15.8. The molecule has 48 heavy (non-hydrogen) atoms. The zero-order valence-corrected chi connectivity index (χ0v) is 29.7. The summed E-state index contributed by atoms with van der Waals surface area (Å²) in [7, 11) is 0.731. The lowest BCUT2D eigenvalue weighted by atomic mass is 9.43. The van der Waals surface area contributed by atoms with Crippen LogP contribution in [0.15, 0.2) is 18.2 Å². The maximum Gasteiger partial charge on any atom is 0.482 e. The number of para-hydroxylation sites is 1. The van der Waals surface area contributed by atoms with E-state index in [1.165, 1.54) is 11.8 Å². The predicted octanol–water partition coefficient (Wildman–Crippen LogP) is 3.66. The fraction of sp³-hybridized carbons (Fsp3) is 0.697. The quantitative estimate of drug-likeness (QED) is 0.280. The van der Waals surface area contributed by atoms with E-state index in [9.17, 15) is 14.4 Å². The summed E-state index contributed by atoms with van der Waals surface area (Å²) in [4.78, 5) is 39.0. The molecule has 262 valence electrons. The highest BCUT2D eigenvalue weighted by Crippen LogP contribution is 2.65. The number of rotatable bonds is 10. The van der Waals surface area contributed by atoms with E-state index in [0.29, 0.717) is 23.1 Å². The number of ether oxygens (including phenoxy) is 3. The van der Waals surface area contributed by atoms with Crippen LogP contribution in [0.1, 0.15) is 96.9 Å². The van der Waals surface area contributed by atoms with Gasteiger partial charge in [0.1, 0.15) is 29.1 Å². The molecule has 2 N–H and O–H groups in total. The number of alkyl carbamates (subject to hydrolysis) is 1. The smallest absolute Gasteiger partial charge is 0.482 e. The van der Waals surface area contributed by atoms with E-state index in [0.717, 1.165) is 12.8 Å². The Labute approximate surface area is 282 Å². The van der Waals surface area contributed by atoms with E-state index < -0.39 is 47.8 Å². The number of aromatic nitrogens is 4. The summed E-state index contributed by atoms with van der Waals surface area (Å²) in [6, 6.07) is 5.26. The van der Waals surface area contributed by atoms with Gasteiger partial charge in [0.25, 0.3) is 0 Å². The van der Waals surface area contributed by atoms with E-state index in [1.54, 1.807) is 53.7 Å². The minimum Gasteiger partial charge on any atom is -0.496 e. The molecule has 1 aromatic heterocycles. The normalized spacial score (nSPS) is 25.0. The molecule has 4 aliphatic rings. The molecule has 1 aromatic carbocycles. The van der Waals surface area contributed by atoms with Gasteiger partial charge >= 0.3 is 19.2 Å². The maximum atomic E-state index is 13.6. The van der Waals surface area contributed by atoms with E-state index in [2.05, 4.69) is 46.9 Å². The number of hydrogen-bond acceptors (Lipinski definition) is 11. The monoisotopic (exact) mass is 668 g/mol. The lowest BCUT2D eigenvalue weighted by molar-refractivity contribution is -0.199. The van der Waals surface area contributed by atoms with Crippen molar-refractivity contribution in [2.24, 2.45) is 17.3 Å². The van der Waals surface area contributed by atoms with E-state index in [4.69, 9.17) is 23.5 Å². The number of hydrogen-bond donors (Lipinski definition) is 2. The van der Waals surface area contributed by atoms with Gasteiger partial charge in [-0.2, -0.15) is 0 Å². The molecule has 2 bridgehead atoms. The topological polar surface area (TPSA) is 165 Å². The van der Waals surface area contributed by atoms with Crippen LogP contribution in [0, 0.1) is 17.3 Å². The molecule has 4 fully saturated rings. The zero-order valence-electron chi connectivity index (χ0n) is 29.7. The fourth-order valence-electron chi connectivity index (χ4n) is 7.33. The Morgan fingerprint density at radius 1 is 1.08 bits per heavy atom. The van der Waals surface area contributed by atoms with Crippen molar-refractivity contribution < 1.29 is 37.9 Å². The number of methoxy groups -OCH3 is 1. The molecule has 14 nitrogen and oxygen atoms in total. The lowest BCUT2D eigenvalue weighted by Crippen LogP contribution is -2.65. The van der Waals surface area contributed by atoms with Crippen LogP contribution in [0.25, 0.3) is 0 Å². The molecule has 1 saturated heterocycles. The third-order valence-electron chi connectivity index (χ3n) is 9.69. The Morgan fingerprint density at radius 3 is 2.44 bits per heavy atom. The largest absolute Gasteiger partial charge is 0.496 e. The van der Waals surface area contributed by atoms with Gasteiger partial charge in [0, 0.05) is 0 Å². The van der Waals surface area contributed by atoms with Gasteiger partial charge in [0.2, 0.25) is 5.91 Å². The van der Waals surface area contributed by atoms with Crippen molar-refractivity contribution in [1.82, 2.24) is 30.8 Å². The minimum absolute atomic E-state index is 0.0412. The molecule has 2 amide bonds. The van der Waals surface area contributed by atoms with Gasteiger partial charge in [0.05, 0.1) is 31.3 Å². The number of tetrazole rings is 1. The summed E-state index contributed by atoms with van der Waals surface area (Å²) in [5.41, 5.74) is -0.788. The van der Waals surface area contributed by atoms with Gasteiger partial charge in [-0.25, -0.2) is 14.3 Å². The standard InChI is InChI=1S/C33H49BN6O8/c1-30(2,3)45-28(42)21-13-11-12-19(27(21)44-10)14-24(34-47-23-16-20-15-22(32(20,7)8)33(23,9)48-34)36-26(41)18-40-25(37-38-39-40)17-35-29(43)46-31(4,5)6/h11-13,20,22-24H,14-18H2,1-10H3,(H,35,43)(H,36,41)/t20-,22-,23+,24-,33-/m0/s1. The first-order chi connectivity index (χ1) is 22.3. The number of nitrogens with one attached hydrogen (secondary N) is 2. The highest BCUT2D eigenvalue weighted by Gasteiger charge is 2.68. The van der Waals surface area contributed by atoms with Crippen molar-refractivity contribution in [3.05, 3.63) is 35.2 Å². The molecule has 0 spiro atoms. The van der Waals surface area contributed by atoms with Crippen molar-refractivity contribution in [2.45, 2.75) is 124 Å². The summed E-state index contributed by atoms with van der Waals surface area (Å²) in [6.45, 7) is 17.1. The van der Waals surface area contributed by atoms with Crippen LogP contribution in [-0.4, -0.2) is 81.3 Å². The fourth-order valence-corrected chi connectivity index (χ4v) is 7.33. The van der Waals surface area contributed by atoms with E-state index in [1.807, 2.05) is 6.07 Å². The SMILES string of the molecule is COc1c(C[C@H](NC(=O)Cn2nnnc2CNC(=O)OC(C)(C)C)B2O[C@@H]3C[C@@H]4C[C@@H](C4(C)C)[C@]3(C)O2)cccc1C(=O)OC(C)(C)C. The number of benzene rings is 1. The van der Waals surface area contributed by atoms with Crippen molar-refractivity contribution >= 4 is 25.1 Å². The van der Waals surface area contributed by atoms with Crippen molar-refractivity contribution in [3.8, 4) is 5.75 Å². The average molecular weight is 669 g/mol. The van der Waals surface area contributed by atoms with Gasteiger partial charge in [-0.15, -0.1) is 5.10 Å². The molecule has 5 atom stereocenters. The first kappa shape index (κ1) is 35.6. The summed E-state index contributed by atoms with van der Waals surface area (Å²) in [6.07, 6.45) is 1.46. The van der Waals surface area contributed by atoms with Crippen LogP contribution < -0.4 is 15.4 Å². The molecular formula is C33H49BN6O8. The molecule has 3 aliphatic carbocycles. The van der Waals surface area contributed by atoms with E-state index >= 15 is 0 Å². The summed E-state index contributed by atoms with van der Waals surface area (Å²) in [5, 5.41) is 17.3. The van der Waals surface area contributed by atoms with Crippen LogP contribution in [0.3, 0.4) is 0 Å². The highest BCUT2D eigenvalue weighted by atomic mass is 16.7. The molecule has 0 radical (unpaired) electrons. The molecule has 15 heteroatoms. The lowest BCUT2D eigenvalue weighted by Gasteiger charge is -2.64. The number of nitrogens with zero attached hydrogens (tertiary/aromatic N) is 4. The Balaban J connectivity index is 1.37. The summed E-state index contributed by atoms with van der Waals surface area (Å²) < 4.78 is 31.4.